The molecule has 1 saturated carbocycles. The van der Waals surface area contributed by atoms with Gasteiger partial charge >= 0.3 is 0 Å². The molecule has 1 unspecified atom stereocenters. The molecule has 2 saturated heterocycles. The van der Waals surface area contributed by atoms with Gasteiger partial charge in [0.25, 0.3) is 0 Å². The number of nitrogens with zero attached hydrogens (tertiary/aromatic N) is 3. The molecule has 6 nitrogen and oxygen atoms in total. The van der Waals surface area contributed by atoms with E-state index in [-0.39, 0.29) is 18.1 Å². The molecule has 0 aromatic heterocycles. The maximum Gasteiger partial charge on any atom is 0.244 e. The maximum atomic E-state index is 14.0. The molecule has 0 N–H and O–H groups in total. The fourth-order valence-corrected chi connectivity index (χ4v) is 6.82. The Labute approximate surface area is 225 Å². The van der Waals surface area contributed by atoms with Gasteiger partial charge in [0.2, 0.25) is 5.91 Å². The highest BCUT2D eigenvalue weighted by molar-refractivity contribution is 5.98. The van der Waals surface area contributed by atoms with Crippen LogP contribution in [0.4, 0.5) is 4.39 Å². The molecule has 0 bridgehead atoms. The molecule has 2 aliphatic carbocycles. The van der Waals surface area contributed by atoms with Crippen LogP contribution in [-0.4, -0.2) is 76.7 Å². The first-order valence-electron chi connectivity index (χ1n) is 14.4. The number of hydrogen-bond donors (Lipinski definition) is 0. The summed E-state index contributed by atoms with van der Waals surface area (Å²) in [4.78, 5) is 44.7. The predicted octanol–water partition coefficient (Wildman–Crippen LogP) is 4.84. The van der Waals surface area contributed by atoms with Gasteiger partial charge in [-0.1, -0.05) is 49.6 Å². The molecule has 1 amide bonds. The molecule has 5 rings (SSSR count). The summed E-state index contributed by atoms with van der Waals surface area (Å²) in [5.74, 6) is 0.321. The Morgan fingerprint density at radius 2 is 1.92 bits per heavy atom. The standard InChI is InChI=1S/C31H40FN3O3/c32-27-13-11-26(12-14-27)29(37)10-5-17-33-18-15-31(16-19-33)30(38)34(21-24-6-4-7-25(20-24)22-36)23-35(31)28-8-2-1-3-9-28/h4,6-7,11-13,20,22,27-28H,1-3,5,8-10,14-19,21,23H2. The zero-order valence-electron chi connectivity index (χ0n) is 22.3. The van der Waals surface area contributed by atoms with Gasteiger partial charge in [-0.15, -0.1) is 0 Å². The van der Waals surface area contributed by atoms with Crippen LogP contribution in [0.15, 0.2) is 48.1 Å². The number of benzene rings is 1. The van der Waals surface area contributed by atoms with Crippen LogP contribution in [0.1, 0.15) is 80.1 Å². The van der Waals surface area contributed by atoms with Crippen LogP contribution >= 0.6 is 0 Å². The summed E-state index contributed by atoms with van der Waals surface area (Å²) in [5, 5.41) is 0. The lowest BCUT2D eigenvalue weighted by Crippen LogP contribution is -2.59. The second kappa shape index (κ2) is 12.0. The molecular weight excluding hydrogens is 481 g/mol. The molecule has 1 aromatic carbocycles. The van der Waals surface area contributed by atoms with Crippen LogP contribution in [0.3, 0.4) is 0 Å². The third kappa shape index (κ3) is 5.84. The van der Waals surface area contributed by atoms with Crippen molar-refractivity contribution in [2.75, 3.05) is 26.3 Å². The first-order valence-corrected chi connectivity index (χ1v) is 14.4. The van der Waals surface area contributed by atoms with Gasteiger partial charge in [-0.3, -0.25) is 19.3 Å². The smallest absolute Gasteiger partial charge is 0.244 e. The number of halogens is 1. The van der Waals surface area contributed by atoms with E-state index in [2.05, 4.69) is 9.80 Å². The average molecular weight is 522 g/mol. The van der Waals surface area contributed by atoms with Crippen LogP contribution < -0.4 is 0 Å². The van der Waals surface area contributed by atoms with Gasteiger partial charge in [0, 0.05) is 49.7 Å². The second-order valence-electron chi connectivity index (χ2n) is 11.4. The number of ketones is 1. The van der Waals surface area contributed by atoms with Crippen LogP contribution in [0.25, 0.3) is 0 Å². The quantitative estimate of drug-likeness (QED) is 0.435. The fourth-order valence-electron chi connectivity index (χ4n) is 6.82. The zero-order chi connectivity index (χ0) is 26.5. The highest BCUT2D eigenvalue weighted by Crippen LogP contribution is 2.41. The van der Waals surface area contributed by atoms with E-state index in [0.29, 0.717) is 36.8 Å². The highest BCUT2D eigenvalue weighted by Gasteiger charge is 2.55. The SMILES string of the molecule is O=Cc1cccc(CN2CN(C3CCCCC3)C3(CCN(CCCC(=O)C4=CCC(F)C=C4)CC3)C2=O)c1. The Hall–Kier alpha value is -2.64. The maximum absolute atomic E-state index is 14.0. The topological polar surface area (TPSA) is 60.9 Å². The molecule has 3 fully saturated rings. The van der Waals surface area contributed by atoms with Crippen LogP contribution in [0, 0.1) is 0 Å². The van der Waals surface area contributed by atoms with Crippen LogP contribution in [0.5, 0.6) is 0 Å². The molecule has 204 valence electrons. The summed E-state index contributed by atoms with van der Waals surface area (Å²) in [7, 11) is 0. The normalized spacial score (nSPS) is 24.7. The summed E-state index contributed by atoms with van der Waals surface area (Å²) >= 11 is 0. The second-order valence-corrected chi connectivity index (χ2v) is 11.4. The van der Waals surface area contributed by atoms with Gasteiger partial charge in [0.1, 0.15) is 18.0 Å². The van der Waals surface area contributed by atoms with Gasteiger partial charge in [0.05, 0.1) is 6.67 Å². The largest absolute Gasteiger partial charge is 0.324 e. The number of allylic oxidation sites excluding steroid dienone is 4. The third-order valence-electron chi connectivity index (χ3n) is 8.97. The van der Waals surface area contributed by atoms with Crippen molar-refractivity contribution in [3.8, 4) is 0 Å². The van der Waals surface area contributed by atoms with Gasteiger partial charge in [-0.05, 0) is 56.4 Å². The lowest BCUT2D eigenvalue weighted by Gasteiger charge is -2.46. The average Bonchev–Trinajstić information content (AvgIpc) is 3.21. The number of Topliss-reactive ketones (excluding diaryl/α,β-unsaturated/α-hetero) is 1. The van der Waals surface area contributed by atoms with Gasteiger partial charge in [-0.25, -0.2) is 4.39 Å². The van der Waals surface area contributed by atoms with Crippen molar-refractivity contribution in [3.63, 3.8) is 0 Å². The lowest BCUT2D eigenvalue weighted by atomic mass is 9.82. The number of amides is 1. The number of alkyl halides is 1. The molecule has 1 aromatic rings. The number of hydrogen-bond acceptors (Lipinski definition) is 5. The monoisotopic (exact) mass is 521 g/mol. The Bertz CT molecular complexity index is 1090. The third-order valence-corrected chi connectivity index (χ3v) is 8.97. The van der Waals surface area contributed by atoms with E-state index in [1.54, 1.807) is 18.2 Å². The van der Waals surface area contributed by atoms with Gasteiger partial charge in [-0.2, -0.15) is 0 Å². The molecule has 2 heterocycles. The molecule has 1 atom stereocenters. The van der Waals surface area contributed by atoms with Crippen LogP contribution in [-0.2, 0) is 16.1 Å². The summed E-state index contributed by atoms with van der Waals surface area (Å²) in [6, 6.07) is 8.01. The number of carbonyl (C=O) groups excluding carboxylic acids is 3. The number of aldehydes is 1. The minimum absolute atomic E-state index is 0.0883. The van der Waals surface area contributed by atoms with Crippen molar-refractivity contribution in [3.05, 3.63) is 59.2 Å². The summed E-state index contributed by atoms with van der Waals surface area (Å²) < 4.78 is 13.3. The number of carbonyl (C=O) groups is 3. The molecule has 7 heteroatoms. The molecule has 4 aliphatic rings. The van der Waals surface area contributed by atoms with Gasteiger partial charge in [0.15, 0.2) is 5.78 Å². The molecule has 0 radical (unpaired) electrons. The minimum Gasteiger partial charge on any atom is -0.324 e. The zero-order valence-corrected chi connectivity index (χ0v) is 22.3. The summed E-state index contributed by atoms with van der Waals surface area (Å²) in [6.07, 6.45) is 13.9. The minimum atomic E-state index is -0.976. The van der Waals surface area contributed by atoms with Crippen LogP contribution in [0.2, 0.25) is 0 Å². The van der Waals surface area contributed by atoms with Gasteiger partial charge < -0.3 is 9.80 Å². The number of rotatable bonds is 9. The highest BCUT2D eigenvalue weighted by atomic mass is 19.1. The first kappa shape index (κ1) is 26.9. The summed E-state index contributed by atoms with van der Waals surface area (Å²) in [5.41, 5.74) is 1.82. The number of likely N-dealkylation sites (tertiary alicyclic amines) is 1. The summed E-state index contributed by atoms with van der Waals surface area (Å²) in [6.45, 7) is 3.73. The Morgan fingerprint density at radius 1 is 1.13 bits per heavy atom. The van der Waals surface area contributed by atoms with E-state index in [9.17, 15) is 18.8 Å². The molecule has 2 aliphatic heterocycles. The van der Waals surface area contributed by atoms with E-state index >= 15 is 0 Å². The molecule has 38 heavy (non-hydrogen) atoms. The van der Waals surface area contributed by atoms with E-state index in [4.69, 9.17) is 0 Å². The predicted molar refractivity (Wildman–Crippen MR) is 145 cm³/mol. The Balaban J connectivity index is 1.21. The molecule has 1 spiro atoms. The fraction of sp³-hybridized carbons (Fsp3) is 0.581. The molecular formula is C31H40FN3O3. The van der Waals surface area contributed by atoms with E-state index in [1.165, 1.54) is 25.3 Å². The van der Waals surface area contributed by atoms with E-state index in [1.807, 2.05) is 23.1 Å². The Morgan fingerprint density at radius 3 is 2.63 bits per heavy atom. The Kier molecular flexibility index (Phi) is 8.54. The number of piperidine rings is 1. The van der Waals surface area contributed by atoms with Crippen molar-refractivity contribution < 1.29 is 18.8 Å². The van der Waals surface area contributed by atoms with Crippen molar-refractivity contribution in [1.29, 1.82) is 0 Å². The lowest BCUT2D eigenvalue weighted by molar-refractivity contribution is -0.137. The van der Waals surface area contributed by atoms with Crippen molar-refractivity contribution in [2.24, 2.45) is 0 Å². The first-order chi connectivity index (χ1) is 18.5. The van der Waals surface area contributed by atoms with Crippen molar-refractivity contribution >= 4 is 18.0 Å². The van der Waals surface area contributed by atoms with E-state index < -0.39 is 11.7 Å². The van der Waals surface area contributed by atoms with E-state index in [0.717, 1.165) is 63.6 Å². The van der Waals surface area contributed by atoms with Crippen molar-refractivity contribution in [1.82, 2.24) is 14.7 Å². The van der Waals surface area contributed by atoms with Crippen molar-refractivity contribution in [2.45, 2.75) is 88.5 Å².